The fourth-order valence-electron chi connectivity index (χ4n) is 2.13. The minimum atomic E-state index is 0. The van der Waals surface area contributed by atoms with Crippen LogP contribution in [0.3, 0.4) is 0 Å². The topological polar surface area (TPSA) is 56.5 Å². The average Bonchev–Trinajstić information content (AvgIpc) is 2.23. The summed E-state index contributed by atoms with van der Waals surface area (Å²) >= 11 is 0. The van der Waals surface area contributed by atoms with Gasteiger partial charge in [-0.1, -0.05) is 0 Å². The summed E-state index contributed by atoms with van der Waals surface area (Å²) < 4.78 is 10.6. The highest BCUT2D eigenvalue weighted by Gasteiger charge is 2.25. The van der Waals surface area contributed by atoms with Crippen LogP contribution in [0, 0.1) is 0 Å². The van der Waals surface area contributed by atoms with Crippen molar-refractivity contribution in [3.63, 3.8) is 0 Å². The molecule has 0 aromatic rings. The van der Waals surface area contributed by atoms with Crippen molar-refractivity contribution in [2.24, 2.45) is 5.73 Å². The van der Waals surface area contributed by atoms with E-state index < -0.39 is 0 Å². The number of ether oxygens (including phenoxy) is 2. The molecule has 90 valence electrons. The Hall–Kier alpha value is 0.130. The molecule has 15 heavy (non-hydrogen) atoms. The number of nitrogens with two attached hydrogens (primary N) is 1. The lowest BCUT2D eigenvalue weighted by molar-refractivity contribution is 0.0417. The molecular weight excluding hydrogens is 216 g/mol. The highest BCUT2D eigenvalue weighted by Crippen LogP contribution is 2.12. The minimum absolute atomic E-state index is 0. The van der Waals surface area contributed by atoms with Gasteiger partial charge in [-0.05, 0) is 19.3 Å². The Bertz CT molecular complexity index is 177. The second kappa shape index (κ2) is 6.66. The first kappa shape index (κ1) is 13.2. The Morgan fingerprint density at radius 3 is 2.33 bits per heavy atom. The Balaban J connectivity index is 0.00000112. The van der Waals surface area contributed by atoms with Gasteiger partial charge in [-0.15, -0.1) is 12.4 Å². The van der Waals surface area contributed by atoms with E-state index in [1.165, 1.54) is 0 Å². The molecule has 2 heterocycles. The third-order valence-electron chi connectivity index (χ3n) is 3.07. The molecule has 2 fully saturated rings. The summed E-state index contributed by atoms with van der Waals surface area (Å²) in [5, 5.41) is 3.62. The fourth-order valence-corrected chi connectivity index (χ4v) is 2.13. The summed E-state index contributed by atoms with van der Waals surface area (Å²) in [7, 11) is 0. The van der Waals surface area contributed by atoms with Crippen molar-refractivity contribution in [3.8, 4) is 0 Å². The van der Waals surface area contributed by atoms with Gasteiger partial charge < -0.3 is 20.5 Å². The molecule has 0 aromatic carbocycles. The summed E-state index contributed by atoms with van der Waals surface area (Å²) in [4.78, 5) is 0. The molecule has 0 saturated carbocycles. The van der Waals surface area contributed by atoms with Crippen molar-refractivity contribution in [2.75, 3.05) is 26.4 Å². The highest BCUT2D eigenvalue weighted by molar-refractivity contribution is 5.85. The zero-order chi connectivity index (χ0) is 9.80. The molecule has 2 atom stereocenters. The van der Waals surface area contributed by atoms with Crippen LogP contribution in [-0.4, -0.2) is 44.6 Å². The number of rotatable bonds is 2. The maximum atomic E-state index is 5.98. The Morgan fingerprint density at radius 2 is 1.67 bits per heavy atom. The van der Waals surface area contributed by atoms with Crippen LogP contribution in [0.1, 0.15) is 19.3 Å². The number of nitrogens with one attached hydrogen (secondary N) is 1. The first-order valence-electron chi connectivity index (χ1n) is 5.53. The van der Waals surface area contributed by atoms with Crippen molar-refractivity contribution in [1.82, 2.24) is 5.32 Å². The Labute approximate surface area is 97.3 Å². The second-order valence-corrected chi connectivity index (χ2v) is 4.19. The monoisotopic (exact) mass is 236 g/mol. The molecule has 0 aromatic heterocycles. The minimum Gasteiger partial charge on any atom is -0.381 e. The van der Waals surface area contributed by atoms with Gasteiger partial charge in [0.2, 0.25) is 0 Å². The van der Waals surface area contributed by atoms with Gasteiger partial charge in [0, 0.05) is 37.9 Å². The van der Waals surface area contributed by atoms with E-state index in [4.69, 9.17) is 15.2 Å². The van der Waals surface area contributed by atoms with Gasteiger partial charge in [-0.25, -0.2) is 0 Å². The van der Waals surface area contributed by atoms with Crippen LogP contribution < -0.4 is 11.1 Å². The number of hydrogen-bond donors (Lipinski definition) is 2. The number of halogens is 1. The van der Waals surface area contributed by atoms with Gasteiger partial charge in [-0.3, -0.25) is 0 Å². The SMILES string of the molecule is Cl.N[C@@H]1COCC[C@H]1NC1CCOCC1. The first-order valence-corrected chi connectivity index (χ1v) is 5.53. The predicted octanol–water partition coefficient (Wildman–Crippen LogP) is 0.293. The van der Waals surface area contributed by atoms with Gasteiger partial charge >= 0.3 is 0 Å². The standard InChI is InChI=1S/C10H20N2O2.ClH/c11-9-7-14-6-3-10(9)12-8-1-4-13-5-2-8;/h8-10,12H,1-7,11H2;1H/t9-,10-;/m1./s1. The van der Waals surface area contributed by atoms with Crippen LogP contribution in [0.4, 0.5) is 0 Å². The van der Waals surface area contributed by atoms with Crippen LogP contribution in [0.25, 0.3) is 0 Å². The molecule has 0 unspecified atom stereocenters. The van der Waals surface area contributed by atoms with Crippen molar-refractivity contribution < 1.29 is 9.47 Å². The lowest BCUT2D eigenvalue weighted by Crippen LogP contribution is -2.55. The van der Waals surface area contributed by atoms with Crippen molar-refractivity contribution in [3.05, 3.63) is 0 Å². The molecule has 2 saturated heterocycles. The summed E-state index contributed by atoms with van der Waals surface area (Å²) in [5.41, 5.74) is 5.98. The van der Waals surface area contributed by atoms with E-state index in [9.17, 15) is 0 Å². The number of hydrogen-bond acceptors (Lipinski definition) is 4. The molecule has 0 amide bonds. The van der Waals surface area contributed by atoms with E-state index in [1.54, 1.807) is 0 Å². The average molecular weight is 237 g/mol. The molecular formula is C10H21ClN2O2. The molecule has 0 bridgehead atoms. The normalized spacial score (nSPS) is 33.4. The highest BCUT2D eigenvalue weighted by atomic mass is 35.5. The molecule has 0 radical (unpaired) electrons. The van der Waals surface area contributed by atoms with E-state index >= 15 is 0 Å². The Kier molecular flexibility index (Phi) is 5.86. The van der Waals surface area contributed by atoms with E-state index in [1.807, 2.05) is 0 Å². The third kappa shape index (κ3) is 3.89. The van der Waals surface area contributed by atoms with E-state index in [2.05, 4.69) is 5.32 Å². The van der Waals surface area contributed by atoms with Crippen LogP contribution in [-0.2, 0) is 9.47 Å². The van der Waals surface area contributed by atoms with E-state index in [-0.39, 0.29) is 18.4 Å². The maximum absolute atomic E-state index is 5.98. The summed E-state index contributed by atoms with van der Waals surface area (Å²) in [6.07, 6.45) is 3.27. The van der Waals surface area contributed by atoms with Gasteiger partial charge in [0.15, 0.2) is 0 Å². The molecule has 4 nitrogen and oxygen atoms in total. The Morgan fingerprint density at radius 1 is 1.00 bits per heavy atom. The van der Waals surface area contributed by atoms with Crippen molar-refractivity contribution in [2.45, 2.75) is 37.4 Å². The van der Waals surface area contributed by atoms with Crippen LogP contribution >= 0.6 is 12.4 Å². The van der Waals surface area contributed by atoms with E-state index in [0.717, 1.165) is 39.1 Å². The van der Waals surface area contributed by atoms with Gasteiger partial charge in [-0.2, -0.15) is 0 Å². The van der Waals surface area contributed by atoms with Gasteiger partial charge in [0.05, 0.1) is 6.61 Å². The molecule has 0 aliphatic carbocycles. The molecule has 2 aliphatic rings. The lowest BCUT2D eigenvalue weighted by Gasteiger charge is -2.34. The zero-order valence-corrected chi connectivity index (χ0v) is 9.80. The summed E-state index contributed by atoms with van der Waals surface area (Å²) in [6.45, 7) is 3.31. The molecule has 3 N–H and O–H groups in total. The molecule has 2 rings (SSSR count). The van der Waals surface area contributed by atoms with Gasteiger partial charge in [0.25, 0.3) is 0 Å². The smallest absolute Gasteiger partial charge is 0.0632 e. The second-order valence-electron chi connectivity index (χ2n) is 4.19. The third-order valence-corrected chi connectivity index (χ3v) is 3.07. The quantitative estimate of drug-likeness (QED) is 0.724. The molecule has 5 heteroatoms. The lowest BCUT2D eigenvalue weighted by atomic mass is 10.0. The predicted molar refractivity (Wildman–Crippen MR) is 61.4 cm³/mol. The van der Waals surface area contributed by atoms with Crippen LogP contribution in [0.15, 0.2) is 0 Å². The first-order chi connectivity index (χ1) is 6.86. The fraction of sp³-hybridized carbons (Fsp3) is 1.00. The summed E-state index contributed by atoms with van der Waals surface area (Å²) in [5.74, 6) is 0. The van der Waals surface area contributed by atoms with Crippen molar-refractivity contribution in [1.29, 1.82) is 0 Å². The van der Waals surface area contributed by atoms with Gasteiger partial charge in [0.1, 0.15) is 0 Å². The largest absolute Gasteiger partial charge is 0.381 e. The summed E-state index contributed by atoms with van der Waals surface area (Å²) in [6, 6.07) is 1.19. The van der Waals surface area contributed by atoms with Crippen molar-refractivity contribution >= 4 is 12.4 Å². The van der Waals surface area contributed by atoms with Crippen LogP contribution in [0.2, 0.25) is 0 Å². The molecule has 2 aliphatic heterocycles. The van der Waals surface area contributed by atoms with E-state index in [0.29, 0.717) is 18.7 Å². The maximum Gasteiger partial charge on any atom is 0.0632 e. The van der Waals surface area contributed by atoms with Crippen LogP contribution in [0.5, 0.6) is 0 Å². The zero-order valence-electron chi connectivity index (χ0n) is 8.98. The molecule has 0 spiro atoms.